The molecule has 1 amide bonds. The third kappa shape index (κ3) is 2.28. The van der Waals surface area contributed by atoms with Crippen LogP contribution in [0.2, 0.25) is 0 Å². The third-order valence-electron chi connectivity index (χ3n) is 3.23. The monoisotopic (exact) mass is 260 g/mol. The van der Waals surface area contributed by atoms with Crippen LogP contribution >= 0.6 is 0 Å². The molecule has 0 aliphatic rings. The number of benzene rings is 3. The Morgan fingerprint density at radius 3 is 2.65 bits per heavy atom. The van der Waals surface area contributed by atoms with E-state index in [4.69, 9.17) is 0 Å². The maximum Gasteiger partial charge on any atom is 0.221 e. The largest absolute Gasteiger partial charge is 0.326 e. The van der Waals surface area contributed by atoms with Gasteiger partial charge in [0.25, 0.3) is 0 Å². The van der Waals surface area contributed by atoms with Crippen molar-refractivity contribution in [2.24, 2.45) is 0 Å². The molecule has 97 valence electrons. The standard InChI is InChI=1S/C18H14NO/c1-13(20)19-18-12-5-4-10-17(18)16-11-6-8-14-7-2-3-9-15(14)16/h2-9,11-12H,1H3,(H,19,20). The zero-order valence-electron chi connectivity index (χ0n) is 11.2. The third-order valence-corrected chi connectivity index (χ3v) is 3.23. The molecule has 3 aromatic rings. The first-order chi connectivity index (χ1) is 9.75. The Labute approximate surface area is 118 Å². The number of hydrogen-bond donors (Lipinski definition) is 1. The smallest absolute Gasteiger partial charge is 0.221 e. The molecule has 2 nitrogen and oxygen atoms in total. The SMILES string of the molecule is CC(=O)Nc1ccc[c]c1-c1cccc2ccccc12. The zero-order chi connectivity index (χ0) is 13.9. The highest BCUT2D eigenvalue weighted by molar-refractivity contribution is 6.02. The molecule has 0 saturated heterocycles. The van der Waals surface area contributed by atoms with Crippen LogP contribution in [-0.4, -0.2) is 5.91 Å². The van der Waals surface area contributed by atoms with E-state index in [1.54, 1.807) is 0 Å². The molecule has 0 spiro atoms. The first-order valence-corrected chi connectivity index (χ1v) is 6.52. The Hall–Kier alpha value is -2.61. The maximum absolute atomic E-state index is 11.3. The minimum atomic E-state index is -0.0777. The molecule has 0 aromatic heterocycles. The molecule has 0 atom stereocenters. The van der Waals surface area contributed by atoms with Crippen LogP contribution in [0.5, 0.6) is 0 Å². The number of rotatable bonds is 2. The van der Waals surface area contributed by atoms with Gasteiger partial charge in [-0.05, 0) is 28.5 Å². The molecule has 3 aromatic carbocycles. The van der Waals surface area contributed by atoms with Gasteiger partial charge >= 0.3 is 0 Å². The van der Waals surface area contributed by atoms with Crippen LogP contribution in [0.3, 0.4) is 0 Å². The summed E-state index contributed by atoms with van der Waals surface area (Å²) in [4.78, 5) is 11.3. The maximum atomic E-state index is 11.3. The van der Waals surface area contributed by atoms with Crippen molar-refractivity contribution in [3.05, 3.63) is 66.7 Å². The van der Waals surface area contributed by atoms with E-state index in [0.29, 0.717) is 0 Å². The molecule has 0 fully saturated rings. The van der Waals surface area contributed by atoms with Crippen molar-refractivity contribution in [2.75, 3.05) is 5.32 Å². The number of hydrogen-bond acceptors (Lipinski definition) is 1. The summed E-state index contributed by atoms with van der Waals surface area (Å²) < 4.78 is 0. The summed E-state index contributed by atoms with van der Waals surface area (Å²) in [5, 5.41) is 5.20. The van der Waals surface area contributed by atoms with Gasteiger partial charge in [-0.15, -0.1) is 0 Å². The quantitative estimate of drug-likeness (QED) is 0.732. The molecule has 3 rings (SSSR count). The lowest BCUT2D eigenvalue weighted by Gasteiger charge is -2.12. The minimum absolute atomic E-state index is 0.0777. The van der Waals surface area contributed by atoms with Crippen molar-refractivity contribution in [1.82, 2.24) is 0 Å². The van der Waals surface area contributed by atoms with E-state index in [1.807, 2.05) is 36.4 Å². The van der Waals surface area contributed by atoms with Gasteiger partial charge in [0.05, 0.1) is 0 Å². The van der Waals surface area contributed by atoms with Gasteiger partial charge in [0.1, 0.15) is 0 Å². The zero-order valence-corrected chi connectivity index (χ0v) is 11.2. The van der Waals surface area contributed by atoms with Crippen LogP contribution in [0.1, 0.15) is 6.92 Å². The van der Waals surface area contributed by atoms with E-state index >= 15 is 0 Å². The Bertz CT molecular complexity index is 772. The lowest BCUT2D eigenvalue weighted by atomic mass is 9.97. The summed E-state index contributed by atoms with van der Waals surface area (Å²) in [6.07, 6.45) is 0. The van der Waals surface area contributed by atoms with E-state index in [-0.39, 0.29) is 5.91 Å². The predicted molar refractivity (Wildman–Crippen MR) is 82.5 cm³/mol. The minimum Gasteiger partial charge on any atom is -0.326 e. The molecule has 0 aliphatic heterocycles. The van der Waals surface area contributed by atoms with Crippen LogP contribution in [0, 0.1) is 6.07 Å². The van der Waals surface area contributed by atoms with Crippen molar-refractivity contribution in [3.8, 4) is 11.1 Å². The summed E-state index contributed by atoms with van der Waals surface area (Å²) in [6.45, 7) is 1.51. The molecule has 0 bridgehead atoms. The van der Waals surface area contributed by atoms with E-state index in [2.05, 4.69) is 35.6 Å². The molecule has 2 heteroatoms. The Balaban J connectivity index is 2.23. The van der Waals surface area contributed by atoms with Gasteiger partial charge in [-0.25, -0.2) is 0 Å². The number of carbonyl (C=O) groups is 1. The average molecular weight is 260 g/mol. The van der Waals surface area contributed by atoms with E-state index in [1.165, 1.54) is 12.3 Å². The predicted octanol–water partition coefficient (Wildman–Crippen LogP) is 4.27. The van der Waals surface area contributed by atoms with Crippen LogP contribution in [0.25, 0.3) is 21.9 Å². The second-order valence-corrected chi connectivity index (χ2v) is 4.67. The van der Waals surface area contributed by atoms with Gasteiger partial charge in [-0.1, -0.05) is 54.6 Å². The van der Waals surface area contributed by atoms with Gasteiger partial charge < -0.3 is 5.32 Å². The molecule has 1 radical (unpaired) electrons. The summed E-state index contributed by atoms with van der Waals surface area (Å²) in [7, 11) is 0. The number of anilines is 1. The van der Waals surface area contributed by atoms with E-state index in [0.717, 1.165) is 22.2 Å². The highest BCUT2D eigenvalue weighted by atomic mass is 16.1. The average Bonchev–Trinajstić information content (AvgIpc) is 2.47. The lowest BCUT2D eigenvalue weighted by Crippen LogP contribution is -2.06. The Morgan fingerprint density at radius 1 is 1.00 bits per heavy atom. The molecule has 0 unspecified atom stereocenters. The summed E-state index contributed by atoms with van der Waals surface area (Å²) >= 11 is 0. The first kappa shape index (κ1) is 12.4. The molecule has 0 heterocycles. The molecular weight excluding hydrogens is 246 g/mol. The van der Waals surface area contributed by atoms with Gasteiger partial charge in [0.15, 0.2) is 0 Å². The van der Waals surface area contributed by atoms with Crippen molar-refractivity contribution < 1.29 is 4.79 Å². The van der Waals surface area contributed by atoms with E-state index in [9.17, 15) is 4.79 Å². The summed E-state index contributed by atoms with van der Waals surface area (Å²) in [5.41, 5.74) is 2.78. The van der Waals surface area contributed by atoms with Gasteiger partial charge in [-0.2, -0.15) is 0 Å². The lowest BCUT2D eigenvalue weighted by molar-refractivity contribution is -0.114. The fraction of sp³-hybridized carbons (Fsp3) is 0.0556. The number of nitrogens with one attached hydrogen (secondary N) is 1. The number of fused-ring (bicyclic) bond motifs is 1. The van der Waals surface area contributed by atoms with Gasteiger partial charge in [-0.3, -0.25) is 4.79 Å². The van der Waals surface area contributed by atoms with Gasteiger partial charge in [0, 0.05) is 18.2 Å². The second-order valence-electron chi connectivity index (χ2n) is 4.67. The Kier molecular flexibility index (Phi) is 3.21. The van der Waals surface area contributed by atoms with Crippen molar-refractivity contribution >= 4 is 22.4 Å². The molecule has 1 N–H and O–H groups in total. The van der Waals surface area contributed by atoms with Crippen molar-refractivity contribution in [1.29, 1.82) is 0 Å². The summed E-state index contributed by atoms with van der Waals surface area (Å²) in [6, 6.07) is 23.2. The van der Waals surface area contributed by atoms with Crippen LogP contribution in [0.15, 0.2) is 60.7 Å². The highest BCUT2D eigenvalue weighted by Crippen LogP contribution is 2.33. The summed E-state index contributed by atoms with van der Waals surface area (Å²) in [5.74, 6) is -0.0777. The molecule has 20 heavy (non-hydrogen) atoms. The van der Waals surface area contributed by atoms with Gasteiger partial charge in [0.2, 0.25) is 5.91 Å². The molecule has 0 aliphatic carbocycles. The fourth-order valence-corrected chi connectivity index (χ4v) is 2.40. The van der Waals surface area contributed by atoms with Crippen LogP contribution in [0.4, 0.5) is 5.69 Å². The van der Waals surface area contributed by atoms with Crippen molar-refractivity contribution in [2.45, 2.75) is 6.92 Å². The van der Waals surface area contributed by atoms with E-state index < -0.39 is 0 Å². The number of amides is 1. The van der Waals surface area contributed by atoms with Crippen molar-refractivity contribution in [3.63, 3.8) is 0 Å². The second kappa shape index (κ2) is 5.17. The van der Waals surface area contributed by atoms with Crippen LogP contribution < -0.4 is 5.32 Å². The number of carbonyl (C=O) groups excluding carboxylic acids is 1. The fourth-order valence-electron chi connectivity index (χ4n) is 2.40. The van der Waals surface area contributed by atoms with Crippen LogP contribution in [-0.2, 0) is 4.79 Å². The normalized spacial score (nSPS) is 10.4. The molecular formula is C18H14NO. The topological polar surface area (TPSA) is 29.1 Å². The first-order valence-electron chi connectivity index (χ1n) is 6.52. The molecule has 0 saturated carbocycles. The highest BCUT2D eigenvalue weighted by Gasteiger charge is 2.08. The Morgan fingerprint density at radius 2 is 1.80 bits per heavy atom.